The molecule has 2 aromatic rings. The van der Waals surface area contributed by atoms with Gasteiger partial charge in [-0.05, 0) is 41.1 Å². The lowest BCUT2D eigenvalue weighted by Crippen LogP contribution is -2.04. The van der Waals surface area contributed by atoms with Crippen molar-refractivity contribution >= 4 is 21.6 Å². The van der Waals surface area contributed by atoms with E-state index in [9.17, 15) is 0 Å². The second-order valence-electron chi connectivity index (χ2n) is 3.85. The van der Waals surface area contributed by atoms with Crippen LogP contribution in [0.15, 0.2) is 28.7 Å². The first-order valence-electron chi connectivity index (χ1n) is 5.24. The third kappa shape index (κ3) is 2.61. The van der Waals surface area contributed by atoms with Crippen molar-refractivity contribution in [1.29, 1.82) is 0 Å². The fourth-order valence-electron chi connectivity index (χ4n) is 1.62. The van der Waals surface area contributed by atoms with E-state index in [-0.39, 0.29) is 0 Å². The third-order valence-corrected chi connectivity index (χ3v) is 3.09. The van der Waals surface area contributed by atoms with Crippen molar-refractivity contribution in [1.82, 2.24) is 9.78 Å². The normalized spacial score (nSPS) is 10.5. The fourth-order valence-corrected chi connectivity index (χ4v) is 2.12. The molecule has 0 spiro atoms. The van der Waals surface area contributed by atoms with Gasteiger partial charge in [0.05, 0.1) is 21.5 Å². The van der Waals surface area contributed by atoms with Crippen molar-refractivity contribution in [3.63, 3.8) is 0 Å². The minimum absolute atomic E-state index is 0.449. The predicted octanol–water partition coefficient (Wildman–Crippen LogP) is 2.65. The standard InChI is InChI=1S/C12H14BrN3O/c1-8-6-9(16(2)15-8)7-17-12-10(13)4-3-5-11(12)14/h3-6H,7,14H2,1-2H3. The van der Waals surface area contributed by atoms with Crippen LogP contribution in [0.25, 0.3) is 0 Å². The van der Waals surface area contributed by atoms with Gasteiger partial charge in [-0.25, -0.2) is 0 Å². The van der Waals surface area contributed by atoms with Gasteiger partial charge in [-0.1, -0.05) is 6.07 Å². The number of aromatic nitrogens is 2. The molecule has 0 atom stereocenters. The molecule has 0 saturated carbocycles. The summed E-state index contributed by atoms with van der Waals surface area (Å²) in [5.41, 5.74) is 8.46. The van der Waals surface area contributed by atoms with E-state index in [1.165, 1.54) is 0 Å². The van der Waals surface area contributed by atoms with Crippen molar-refractivity contribution in [3.05, 3.63) is 40.1 Å². The quantitative estimate of drug-likeness (QED) is 0.886. The van der Waals surface area contributed by atoms with Gasteiger partial charge in [-0.3, -0.25) is 4.68 Å². The Hall–Kier alpha value is -1.49. The zero-order chi connectivity index (χ0) is 12.4. The number of nitrogens with zero attached hydrogens (tertiary/aromatic N) is 2. The van der Waals surface area contributed by atoms with Crippen LogP contribution in [0.1, 0.15) is 11.4 Å². The Bertz CT molecular complexity index is 516. The van der Waals surface area contributed by atoms with Crippen LogP contribution in [0.2, 0.25) is 0 Å². The van der Waals surface area contributed by atoms with Crippen LogP contribution < -0.4 is 10.5 Å². The largest absolute Gasteiger partial charge is 0.484 e. The number of halogens is 1. The van der Waals surface area contributed by atoms with Gasteiger partial charge in [-0.2, -0.15) is 5.10 Å². The van der Waals surface area contributed by atoms with Crippen molar-refractivity contribution in [2.75, 3.05) is 5.73 Å². The summed E-state index contributed by atoms with van der Waals surface area (Å²) < 4.78 is 8.38. The van der Waals surface area contributed by atoms with Gasteiger partial charge in [0, 0.05) is 7.05 Å². The van der Waals surface area contributed by atoms with Crippen LogP contribution in [0.3, 0.4) is 0 Å². The second kappa shape index (κ2) is 4.79. The summed E-state index contributed by atoms with van der Waals surface area (Å²) in [6.45, 7) is 2.40. The lowest BCUT2D eigenvalue weighted by Gasteiger charge is -2.10. The minimum Gasteiger partial charge on any atom is -0.484 e. The zero-order valence-electron chi connectivity index (χ0n) is 9.77. The number of para-hydroxylation sites is 1. The Morgan fingerprint density at radius 2 is 2.24 bits per heavy atom. The Morgan fingerprint density at radius 3 is 2.82 bits per heavy atom. The highest BCUT2D eigenvalue weighted by molar-refractivity contribution is 9.10. The van der Waals surface area contributed by atoms with Crippen LogP contribution in [0, 0.1) is 6.92 Å². The van der Waals surface area contributed by atoms with E-state index in [4.69, 9.17) is 10.5 Å². The maximum absolute atomic E-state index is 5.85. The maximum atomic E-state index is 5.85. The van der Waals surface area contributed by atoms with Crippen molar-refractivity contribution in [2.45, 2.75) is 13.5 Å². The minimum atomic E-state index is 0.449. The number of hydrogen-bond acceptors (Lipinski definition) is 3. The lowest BCUT2D eigenvalue weighted by atomic mass is 10.3. The Balaban J connectivity index is 2.15. The highest BCUT2D eigenvalue weighted by Crippen LogP contribution is 2.31. The van der Waals surface area contributed by atoms with E-state index in [2.05, 4.69) is 21.0 Å². The molecule has 17 heavy (non-hydrogen) atoms. The molecule has 2 N–H and O–H groups in total. The molecule has 5 heteroatoms. The van der Waals surface area contributed by atoms with E-state index in [1.54, 1.807) is 0 Å². The molecule has 0 aliphatic heterocycles. The summed E-state index contributed by atoms with van der Waals surface area (Å²) in [6.07, 6.45) is 0. The molecular formula is C12H14BrN3O. The van der Waals surface area contributed by atoms with Gasteiger partial charge in [0.25, 0.3) is 0 Å². The van der Waals surface area contributed by atoms with Gasteiger partial charge < -0.3 is 10.5 Å². The molecule has 0 aliphatic rings. The van der Waals surface area contributed by atoms with Crippen LogP contribution in [-0.4, -0.2) is 9.78 Å². The van der Waals surface area contributed by atoms with E-state index >= 15 is 0 Å². The SMILES string of the molecule is Cc1cc(COc2c(N)cccc2Br)n(C)n1. The average Bonchev–Trinajstić information content (AvgIpc) is 2.57. The molecule has 1 heterocycles. The van der Waals surface area contributed by atoms with Crippen LogP contribution >= 0.6 is 15.9 Å². The summed E-state index contributed by atoms with van der Waals surface area (Å²) in [6, 6.07) is 7.59. The van der Waals surface area contributed by atoms with E-state index in [0.717, 1.165) is 15.9 Å². The van der Waals surface area contributed by atoms with Crippen molar-refractivity contribution in [3.8, 4) is 5.75 Å². The number of hydrogen-bond donors (Lipinski definition) is 1. The zero-order valence-corrected chi connectivity index (χ0v) is 11.4. The van der Waals surface area contributed by atoms with Gasteiger partial charge in [-0.15, -0.1) is 0 Å². The monoisotopic (exact) mass is 295 g/mol. The number of anilines is 1. The molecule has 1 aromatic heterocycles. The summed E-state index contributed by atoms with van der Waals surface area (Å²) >= 11 is 3.42. The molecule has 0 radical (unpaired) electrons. The molecule has 0 aliphatic carbocycles. The topological polar surface area (TPSA) is 53.1 Å². The van der Waals surface area contributed by atoms with Crippen LogP contribution in [0.4, 0.5) is 5.69 Å². The highest BCUT2D eigenvalue weighted by Gasteiger charge is 2.07. The molecule has 0 saturated heterocycles. The summed E-state index contributed by atoms with van der Waals surface area (Å²) in [7, 11) is 1.90. The molecular weight excluding hydrogens is 282 g/mol. The van der Waals surface area contributed by atoms with Gasteiger partial charge in [0.1, 0.15) is 6.61 Å². The van der Waals surface area contributed by atoms with Gasteiger partial charge in [0.2, 0.25) is 0 Å². The molecule has 2 rings (SSSR count). The fraction of sp³-hybridized carbons (Fsp3) is 0.250. The lowest BCUT2D eigenvalue weighted by molar-refractivity contribution is 0.294. The van der Waals surface area contributed by atoms with Gasteiger partial charge in [0.15, 0.2) is 5.75 Å². The number of rotatable bonds is 3. The number of aryl methyl sites for hydroxylation is 2. The summed E-state index contributed by atoms with van der Waals surface area (Å²) in [5.74, 6) is 0.673. The third-order valence-electron chi connectivity index (χ3n) is 2.46. The molecule has 0 bridgehead atoms. The Labute approximate surface area is 109 Å². The molecule has 1 aromatic carbocycles. The number of nitrogen functional groups attached to an aromatic ring is 1. The molecule has 90 valence electrons. The van der Waals surface area contributed by atoms with Crippen molar-refractivity contribution in [2.24, 2.45) is 7.05 Å². The van der Waals surface area contributed by atoms with Crippen LogP contribution in [0.5, 0.6) is 5.75 Å². The first-order chi connectivity index (χ1) is 8.08. The van der Waals surface area contributed by atoms with Crippen LogP contribution in [-0.2, 0) is 13.7 Å². The smallest absolute Gasteiger partial charge is 0.156 e. The first-order valence-corrected chi connectivity index (χ1v) is 6.03. The predicted molar refractivity (Wildman–Crippen MR) is 70.8 cm³/mol. The molecule has 0 fully saturated rings. The first kappa shape index (κ1) is 12.0. The Morgan fingerprint density at radius 1 is 1.47 bits per heavy atom. The molecule has 0 amide bonds. The van der Waals surface area contributed by atoms with Gasteiger partial charge >= 0.3 is 0 Å². The number of ether oxygens (including phenoxy) is 1. The maximum Gasteiger partial charge on any atom is 0.156 e. The van der Waals surface area contributed by atoms with Crippen molar-refractivity contribution < 1.29 is 4.74 Å². The van der Waals surface area contributed by atoms with E-state index in [0.29, 0.717) is 18.0 Å². The van der Waals surface area contributed by atoms with E-state index in [1.807, 2.05) is 42.9 Å². The van der Waals surface area contributed by atoms with E-state index < -0.39 is 0 Å². The summed E-state index contributed by atoms with van der Waals surface area (Å²) in [5, 5.41) is 4.26. The Kier molecular flexibility index (Phi) is 3.38. The number of nitrogens with two attached hydrogens (primary N) is 1. The number of benzene rings is 1. The molecule has 0 unspecified atom stereocenters. The molecule has 4 nitrogen and oxygen atoms in total. The second-order valence-corrected chi connectivity index (χ2v) is 4.70. The highest BCUT2D eigenvalue weighted by atomic mass is 79.9. The summed E-state index contributed by atoms with van der Waals surface area (Å²) in [4.78, 5) is 0. The average molecular weight is 296 g/mol.